The molecule has 1 aromatic carbocycles. The fourth-order valence-corrected chi connectivity index (χ4v) is 2.66. The molecule has 116 valence electrons. The number of nitrogens with two attached hydrogens (primary N) is 1. The molecule has 4 nitrogen and oxygen atoms in total. The zero-order valence-electron chi connectivity index (χ0n) is 11.9. The van der Waals surface area contributed by atoms with Crippen molar-refractivity contribution in [3.05, 3.63) is 35.4 Å². The van der Waals surface area contributed by atoms with Gasteiger partial charge in [-0.05, 0) is 25.5 Å². The van der Waals surface area contributed by atoms with E-state index in [9.17, 15) is 13.6 Å². The maximum absolute atomic E-state index is 13.7. The first-order valence-corrected chi connectivity index (χ1v) is 7.25. The molecule has 0 spiro atoms. The highest BCUT2D eigenvalue weighted by atomic mass is 19.2. The quantitative estimate of drug-likeness (QED) is 0.860. The van der Waals surface area contributed by atoms with Crippen molar-refractivity contribution in [2.75, 3.05) is 26.2 Å². The standard InChI is InChI=1S/C15H21F2N3O/c16-13-5-1-3-11(14(13)17)9-20-8-2-4-12(10-20)15(21)19-7-6-18/h1,3,5,12H,2,4,6-10,18H2,(H,19,21). The van der Waals surface area contributed by atoms with E-state index in [1.807, 2.05) is 4.90 Å². The highest BCUT2D eigenvalue weighted by Gasteiger charge is 2.26. The molecule has 1 aliphatic rings. The largest absolute Gasteiger partial charge is 0.355 e. The third-order valence-corrected chi connectivity index (χ3v) is 3.75. The predicted octanol–water partition coefficient (Wildman–Crippen LogP) is 1.25. The summed E-state index contributed by atoms with van der Waals surface area (Å²) in [6.45, 7) is 2.55. The second kappa shape index (κ2) is 7.47. The van der Waals surface area contributed by atoms with Crippen LogP contribution < -0.4 is 11.1 Å². The average molecular weight is 297 g/mol. The van der Waals surface area contributed by atoms with Crippen molar-refractivity contribution in [2.45, 2.75) is 19.4 Å². The molecule has 1 atom stereocenters. The van der Waals surface area contributed by atoms with Crippen molar-refractivity contribution in [3.8, 4) is 0 Å². The maximum Gasteiger partial charge on any atom is 0.224 e. The van der Waals surface area contributed by atoms with E-state index >= 15 is 0 Å². The first-order valence-electron chi connectivity index (χ1n) is 7.25. The van der Waals surface area contributed by atoms with E-state index in [1.54, 1.807) is 6.07 Å². The van der Waals surface area contributed by atoms with Gasteiger partial charge in [0.25, 0.3) is 0 Å². The topological polar surface area (TPSA) is 58.4 Å². The van der Waals surface area contributed by atoms with Gasteiger partial charge in [0.2, 0.25) is 5.91 Å². The number of carbonyl (C=O) groups excluding carboxylic acids is 1. The van der Waals surface area contributed by atoms with Crippen molar-refractivity contribution >= 4 is 5.91 Å². The first-order chi connectivity index (χ1) is 10.1. The Morgan fingerprint density at radius 2 is 2.24 bits per heavy atom. The van der Waals surface area contributed by atoms with Crippen LogP contribution in [-0.2, 0) is 11.3 Å². The van der Waals surface area contributed by atoms with E-state index in [0.717, 1.165) is 25.5 Å². The summed E-state index contributed by atoms with van der Waals surface area (Å²) in [7, 11) is 0. The summed E-state index contributed by atoms with van der Waals surface area (Å²) in [5.41, 5.74) is 5.70. The summed E-state index contributed by atoms with van der Waals surface area (Å²) in [5.74, 6) is -1.75. The average Bonchev–Trinajstić information content (AvgIpc) is 2.50. The van der Waals surface area contributed by atoms with Crippen molar-refractivity contribution in [1.29, 1.82) is 0 Å². The molecule has 0 bridgehead atoms. The van der Waals surface area contributed by atoms with Crippen LogP contribution in [0.4, 0.5) is 8.78 Å². The summed E-state index contributed by atoms with van der Waals surface area (Å²) in [6, 6.07) is 4.19. The lowest BCUT2D eigenvalue weighted by Crippen LogP contribution is -2.43. The maximum atomic E-state index is 13.7. The Hall–Kier alpha value is -1.53. The number of likely N-dealkylation sites (tertiary alicyclic amines) is 1. The number of halogens is 2. The number of rotatable bonds is 5. The Balaban J connectivity index is 1.95. The Morgan fingerprint density at radius 1 is 1.43 bits per heavy atom. The second-order valence-corrected chi connectivity index (χ2v) is 5.37. The first kappa shape index (κ1) is 15.9. The lowest BCUT2D eigenvalue weighted by Gasteiger charge is -2.32. The van der Waals surface area contributed by atoms with E-state index in [-0.39, 0.29) is 11.8 Å². The van der Waals surface area contributed by atoms with Crippen molar-refractivity contribution < 1.29 is 13.6 Å². The van der Waals surface area contributed by atoms with E-state index in [2.05, 4.69) is 5.32 Å². The van der Waals surface area contributed by atoms with Crippen molar-refractivity contribution in [2.24, 2.45) is 11.7 Å². The molecule has 6 heteroatoms. The zero-order chi connectivity index (χ0) is 15.2. The predicted molar refractivity (Wildman–Crippen MR) is 76.4 cm³/mol. The number of amides is 1. The molecule has 0 saturated carbocycles. The number of nitrogens with zero attached hydrogens (tertiary/aromatic N) is 1. The van der Waals surface area contributed by atoms with Gasteiger partial charge in [0, 0.05) is 31.7 Å². The molecule has 0 aromatic heterocycles. The molecule has 1 amide bonds. The van der Waals surface area contributed by atoms with Gasteiger partial charge < -0.3 is 11.1 Å². The van der Waals surface area contributed by atoms with Gasteiger partial charge in [-0.1, -0.05) is 12.1 Å². The van der Waals surface area contributed by atoms with Gasteiger partial charge >= 0.3 is 0 Å². The molecule has 1 aromatic rings. The fourth-order valence-electron chi connectivity index (χ4n) is 2.66. The minimum Gasteiger partial charge on any atom is -0.355 e. The molecule has 1 saturated heterocycles. The minimum atomic E-state index is -0.832. The summed E-state index contributed by atoms with van der Waals surface area (Å²) >= 11 is 0. The van der Waals surface area contributed by atoms with Crippen LogP contribution in [0.25, 0.3) is 0 Å². The third kappa shape index (κ3) is 4.22. The van der Waals surface area contributed by atoms with E-state index in [1.165, 1.54) is 6.07 Å². The normalized spacial score (nSPS) is 19.5. The van der Waals surface area contributed by atoms with E-state index in [0.29, 0.717) is 31.7 Å². The third-order valence-electron chi connectivity index (χ3n) is 3.75. The van der Waals surface area contributed by atoms with Gasteiger partial charge in [-0.25, -0.2) is 8.78 Å². The van der Waals surface area contributed by atoms with Gasteiger partial charge in [0.15, 0.2) is 11.6 Å². The fraction of sp³-hybridized carbons (Fsp3) is 0.533. The lowest BCUT2D eigenvalue weighted by atomic mass is 9.96. The number of carbonyl (C=O) groups is 1. The summed E-state index contributed by atoms with van der Waals surface area (Å²) < 4.78 is 26.9. The number of nitrogens with one attached hydrogen (secondary N) is 1. The number of hydrogen-bond acceptors (Lipinski definition) is 3. The van der Waals surface area contributed by atoms with Crippen LogP contribution in [0.3, 0.4) is 0 Å². The molecule has 0 aliphatic carbocycles. The molecule has 21 heavy (non-hydrogen) atoms. The van der Waals surface area contributed by atoms with Crippen LogP contribution in [0, 0.1) is 17.6 Å². The molecule has 0 radical (unpaired) electrons. The Kier molecular flexibility index (Phi) is 5.64. The monoisotopic (exact) mass is 297 g/mol. The highest BCUT2D eigenvalue weighted by Crippen LogP contribution is 2.20. The van der Waals surface area contributed by atoms with E-state index in [4.69, 9.17) is 5.73 Å². The Labute approximate surface area is 123 Å². The Bertz CT molecular complexity index is 496. The molecular formula is C15H21F2N3O. The van der Waals surface area contributed by atoms with Crippen LogP contribution >= 0.6 is 0 Å². The summed E-state index contributed by atoms with van der Waals surface area (Å²) in [5, 5.41) is 2.78. The number of piperidine rings is 1. The SMILES string of the molecule is NCCNC(=O)C1CCCN(Cc2cccc(F)c2F)C1. The van der Waals surface area contributed by atoms with Crippen LogP contribution in [-0.4, -0.2) is 37.0 Å². The highest BCUT2D eigenvalue weighted by molar-refractivity contribution is 5.78. The number of benzene rings is 1. The molecule has 1 fully saturated rings. The van der Waals surface area contributed by atoms with Crippen LogP contribution in [0.5, 0.6) is 0 Å². The van der Waals surface area contributed by atoms with Gasteiger partial charge in [-0.3, -0.25) is 9.69 Å². The molecule has 1 aliphatic heterocycles. The summed E-state index contributed by atoms with van der Waals surface area (Å²) in [6.07, 6.45) is 1.69. The van der Waals surface area contributed by atoms with Crippen molar-refractivity contribution in [1.82, 2.24) is 10.2 Å². The van der Waals surface area contributed by atoms with Gasteiger partial charge in [0.1, 0.15) is 0 Å². The summed E-state index contributed by atoms with van der Waals surface area (Å²) in [4.78, 5) is 13.9. The van der Waals surface area contributed by atoms with Gasteiger partial charge in [-0.15, -0.1) is 0 Å². The van der Waals surface area contributed by atoms with Gasteiger partial charge in [0.05, 0.1) is 5.92 Å². The minimum absolute atomic E-state index is 0.00939. The number of hydrogen-bond donors (Lipinski definition) is 2. The molecule has 1 unspecified atom stereocenters. The molecule has 3 N–H and O–H groups in total. The molecule has 2 rings (SSSR count). The molecular weight excluding hydrogens is 276 g/mol. The zero-order valence-corrected chi connectivity index (χ0v) is 11.9. The van der Waals surface area contributed by atoms with Crippen LogP contribution in [0.1, 0.15) is 18.4 Å². The van der Waals surface area contributed by atoms with Crippen LogP contribution in [0.2, 0.25) is 0 Å². The van der Waals surface area contributed by atoms with Crippen molar-refractivity contribution in [3.63, 3.8) is 0 Å². The molecule has 1 heterocycles. The van der Waals surface area contributed by atoms with E-state index < -0.39 is 11.6 Å². The van der Waals surface area contributed by atoms with Crippen LogP contribution in [0.15, 0.2) is 18.2 Å². The lowest BCUT2D eigenvalue weighted by molar-refractivity contribution is -0.126. The van der Waals surface area contributed by atoms with Gasteiger partial charge in [-0.2, -0.15) is 0 Å². The Morgan fingerprint density at radius 3 is 3.00 bits per heavy atom. The smallest absolute Gasteiger partial charge is 0.224 e. The second-order valence-electron chi connectivity index (χ2n) is 5.37.